The first-order valence-electron chi connectivity index (χ1n) is 8.61. The van der Waals surface area contributed by atoms with Crippen LogP contribution in [0.5, 0.6) is 0 Å². The van der Waals surface area contributed by atoms with E-state index in [1.54, 1.807) is 24.3 Å². The van der Waals surface area contributed by atoms with Crippen LogP contribution in [0.15, 0.2) is 29.4 Å². The third-order valence-electron chi connectivity index (χ3n) is 4.31. The zero-order valence-corrected chi connectivity index (χ0v) is 18.5. The molecule has 1 aliphatic rings. The Hall–Kier alpha value is -1.14. The maximum atomic E-state index is 12.1. The molecule has 0 amide bonds. The van der Waals surface area contributed by atoms with Crippen LogP contribution in [0.25, 0.3) is 5.69 Å². The molecule has 2 aromatic rings. The van der Waals surface area contributed by atoms with Crippen molar-refractivity contribution < 1.29 is 39.2 Å². The second-order valence-corrected chi connectivity index (χ2v) is 6.50. The van der Waals surface area contributed by atoms with Crippen LogP contribution in [0.4, 0.5) is 0 Å². The quantitative estimate of drug-likeness (QED) is 0.254. The van der Waals surface area contributed by atoms with Gasteiger partial charge in [-0.05, 0) is 47.5 Å². The van der Waals surface area contributed by atoms with Crippen molar-refractivity contribution in [3.8, 4) is 5.69 Å². The third-order valence-corrected chi connectivity index (χ3v) is 4.57. The molecule has 140 valence electrons. The summed E-state index contributed by atoms with van der Waals surface area (Å²) in [6.45, 7) is 2.51. The van der Waals surface area contributed by atoms with Crippen LogP contribution >= 0.6 is 0 Å². The van der Waals surface area contributed by atoms with Crippen molar-refractivity contribution >= 4 is 18.6 Å². The summed E-state index contributed by atoms with van der Waals surface area (Å²) >= 11 is 5.01. The number of hydrogen-bond acceptors (Lipinski definition) is 9. The number of carbonyl (C=O) groups is 1. The molecular formula is C16H22N7NaO2S. The number of hydrogen-bond donors (Lipinski definition) is 1. The fourth-order valence-corrected chi connectivity index (χ4v) is 3.00. The summed E-state index contributed by atoms with van der Waals surface area (Å²) < 4.78 is 1.42. The first-order valence-corrected chi connectivity index (χ1v) is 9.02. The number of hydrazine groups is 1. The third kappa shape index (κ3) is 6.18. The summed E-state index contributed by atoms with van der Waals surface area (Å²) in [6, 6.07) is 6.72. The van der Waals surface area contributed by atoms with Crippen molar-refractivity contribution in [1.29, 1.82) is 0 Å². The normalized spacial score (nSPS) is 15.2. The monoisotopic (exact) mass is 399 g/mol. The summed E-state index contributed by atoms with van der Waals surface area (Å²) in [5, 5.41) is 15.5. The number of hydroxylamine groups is 1. The number of tetrazole rings is 1. The van der Waals surface area contributed by atoms with Crippen LogP contribution in [0, 0.1) is 0 Å². The zero-order valence-electron chi connectivity index (χ0n) is 15.7. The first-order chi connectivity index (χ1) is 12.6. The molecule has 9 nitrogen and oxygen atoms in total. The van der Waals surface area contributed by atoms with Gasteiger partial charge in [-0.3, -0.25) is 0 Å². The Bertz CT molecular complexity index is 720. The molecule has 0 spiro atoms. The molecule has 0 unspecified atom stereocenters. The Morgan fingerprint density at radius 1 is 1.22 bits per heavy atom. The van der Waals surface area contributed by atoms with Crippen LogP contribution in [0.1, 0.15) is 36.0 Å². The van der Waals surface area contributed by atoms with Gasteiger partial charge in [0.1, 0.15) is 0 Å². The maximum absolute atomic E-state index is 12.1. The van der Waals surface area contributed by atoms with E-state index in [-0.39, 0.29) is 34.7 Å². The Morgan fingerprint density at radius 2 is 1.89 bits per heavy atom. The Balaban J connectivity index is 0.00000261. The van der Waals surface area contributed by atoms with E-state index in [0.29, 0.717) is 17.9 Å². The number of nitrogens with zero attached hydrogens (tertiary/aromatic N) is 6. The maximum Gasteiger partial charge on any atom is 1.00 e. The van der Waals surface area contributed by atoms with E-state index in [2.05, 4.69) is 26.0 Å². The van der Waals surface area contributed by atoms with Gasteiger partial charge in [0.05, 0.1) is 17.9 Å². The van der Waals surface area contributed by atoms with E-state index < -0.39 is 5.97 Å². The van der Waals surface area contributed by atoms with E-state index in [1.165, 1.54) is 30.4 Å². The van der Waals surface area contributed by atoms with E-state index in [0.717, 1.165) is 13.1 Å². The smallest absolute Gasteiger partial charge is 0.738 e. The minimum Gasteiger partial charge on any atom is -0.738 e. The van der Waals surface area contributed by atoms with E-state index >= 15 is 0 Å². The van der Waals surface area contributed by atoms with Crippen LogP contribution in [-0.4, -0.2) is 63.0 Å². The Morgan fingerprint density at radius 3 is 2.48 bits per heavy atom. The second-order valence-electron chi connectivity index (χ2n) is 6.14. The number of nitrogens with one attached hydrogen (secondary N) is 1. The van der Waals surface area contributed by atoms with Crippen LogP contribution in [-0.2, 0) is 17.5 Å². The fourth-order valence-electron chi connectivity index (χ4n) is 2.83. The molecule has 0 radical (unpaired) electrons. The summed E-state index contributed by atoms with van der Waals surface area (Å²) in [6.07, 6.45) is 4.95. The topological polar surface area (TPSA) is 88.4 Å². The molecule has 1 saturated heterocycles. The molecule has 1 aliphatic heterocycles. The SMILES string of the molecule is CN(CNOC(=O)c1ccc(-n2nnnc2[S-])cc1)N1CCCCCC1.[Na+]. The summed E-state index contributed by atoms with van der Waals surface area (Å²) in [5.41, 5.74) is 3.85. The van der Waals surface area contributed by atoms with Crippen LogP contribution in [0.2, 0.25) is 0 Å². The number of rotatable bonds is 6. The summed E-state index contributed by atoms with van der Waals surface area (Å²) in [5.74, 6) is -0.448. The average Bonchev–Trinajstić information content (AvgIpc) is 2.91. The molecule has 27 heavy (non-hydrogen) atoms. The Labute approximate surface area is 186 Å². The van der Waals surface area contributed by atoms with E-state index in [9.17, 15) is 4.79 Å². The van der Waals surface area contributed by atoms with Crippen LogP contribution in [0.3, 0.4) is 0 Å². The molecule has 11 heteroatoms. The predicted octanol–water partition coefficient (Wildman–Crippen LogP) is -2.09. The van der Waals surface area contributed by atoms with Crippen molar-refractivity contribution in [1.82, 2.24) is 35.7 Å². The average molecular weight is 399 g/mol. The molecule has 1 fully saturated rings. The van der Waals surface area contributed by atoms with Gasteiger partial charge in [0, 0.05) is 25.3 Å². The molecule has 3 rings (SSSR count). The molecule has 0 bridgehead atoms. The molecule has 0 aliphatic carbocycles. The van der Waals surface area contributed by atoms with E-state index in [1.807, 2.05) is 12.1 Å². The van der Waals surface area contributed by atoms with Crippen molar-refractivity contribution in [3.63, 3.8) is 0 Å². The summed E-state index contributed by atoms with van der Waals surface area (Å²) in [7, 11) is 1.99. The van der Waals surface area contributed by atoms with Gasteiger partial charge in [-0.1, -0.05) is 12.8 Å². The number of carbonyl (C=O) groups excluding carboxylic acids is 1. The van der Waals surface area contributed by atoms with E-state index in [4.69, 9.17) is 17.5 Å². The molecule has 1 aromatic carbocycles. The molecular weight excluding hydrogens is 377 g/mol. The molecule has 1 aromatic heterocycles. The van der Waals surface area contributed by atoms with Gasteiger partial charge in [0.2, 0.25) is 0 Å². The Kier molecular flexibility index (Phi) is 9.03. The van der Waals surface area contributed by atoms with Gasteiger partial charge in [0.25, 0.3) is 0 Å². The number of aromatic nitrogens is 4. The second kappa shape index (κ2) is 11.0. The molecule has 0 saturated carbocycles. The number of benzene rings is 1. The standard InChI is InChI=1S/C16H23N7O2S.Na/c1-21(22-10-4-2-3-5-11-22)12-17-25-15(24)13-6-8-14(9-7-13)23-16(26)18-19-20-23;/h6-9,17H,2-5,10-12H2,1H3,(H,18,20,26);/q;+1/p-1. The molecule has 2 heterocycles. The van der Waals surface area contributed by atoms with Gasteiger partial charge in [-0.25, -0.2) is 19.5 Å². The minimum atomic E-state index is -0.448. The van der Waals surface area contributed by atoms with Crippen molar-refractivity contribution in [2.45, 2.75) is 30.8 Å². The van der Waals surface area contributed by atoms with Crippen molar-refractivity contribution in [3.05, 3.63) is 29.8 Å². The molecule has 0 atom stereocenters. The molecule has 1 N–H and O–H groups in total. The summed E-state index contributed by atoms with van der Waals surface area (Å²) in [4.78, 5) is 17.3. The minimum absolute atomic E-state index is 0. The van der Waals surface area contributed by atoms with Crippen molar-refractivity contribution in [2.24, 2.45) is 0 Å². The predicted molar refractivity (Wildman–Crippen MR) is 96.0 cm³/mol. The largest absolute Gasteiger partial charge is 1.00 e. The van der Waals surface area contributed by atoms with Gasteiger partial charge >= 0.3 is 35.5 Å². The fraction of sp³-hybridized carbons (Fsp3) is 0.500. The van der Waals surface area contributed by atoms with Gasteiger partial charge in [-0.2, -0.15) is 0 Å². The van der Waals surface area contributed by atoms with Gasteiger partial charge < -0.3 is 17.5 Å². The zero-order chi connectivity index (χ0) is 18.4. The van der Waals surface area contributed by atoms with Gasteiger partial charge in [0.15, 0.2) is 0 Å². The van der Waals surface area contributed by atoms with Gasteiger partial charge in [-0.15, -0.1) is 10.6 Å². The van der Waals surface area contributed by atoms with Crippen LogP contribution < -0.4 is 35.0 Å². The first kappa shape index (κ1) is 22.2. The van der Waals surface area contributed by atoms with Crippen molar-refractivity contribution in [2.75, 3.05) is 26.8 Å².